The first-order chi connectivity index (χ1) is 8.66. The third kappa shape index (κ3) is 2.85. The molecule has 1 N–H and O–H groups in total. The molecule has 1 heterocycles. The van der Waals surface area contributed by atoms with Crippen molar-refractivity contribution in [2.75, 3.05) is 6.61 Å². The number of aromatic nitrogens is 2. The second-order valence-electron chi connectivity index (χ2n) is 3.56. The lowest BCUT2D eigenvalue weighted by atomic mass is 10.3. The van der Waals surface area contributed by atoms with Gasteiger partial charge in [0.25, 0.3) is 0 Å². The molecule has 0 aliphatic heterocycles. The molecule has 0 unspecified atom stereocenters. The number of para-hydroxylation sites is 1. The first-order valence-corrected chi connectivity index (χ1v) is 5.31. The molecule has 0 spiro atoms. The summed E-state index contributed by atoms with van der Waals surface area (Å²) >= 11 is 0. The summed E-state index contributed by atoms with van der Waals surface area (Å²) in [6.07, 6.45) is 2.82. The fraction of sp³-hybridized carbons (Fsp3) is 0.167. The van der Waals surface area contributed by atoms with Crippen LogP contribution in [0.1, 0.15) is 6.42 Å². The maximum atomic E-state index is 13.5. The number of halogens is 1. The van der Waals surface area contributed by atoms with Gasteiger partial charge in [0.15, 0.2) is 5.75 Å². The van der Waals surface area contributed by atoms with E-state index in [4.69, 9.17) is 9.84 Å². The monoisotopic (exact) mass is 250 g/mol. The van der Waals surface area contributed by atoms with Crippen molar-refractivity contribution < 1.29 is 19.0 Å². The van der Waals surface area contributed by atoms with Gasteiger partial charge < -0.3 is 9.84 Å². The van der Waals surface area contributed by atoms with E-state index in [-0.39, 0.29) is 13.0 Å². The maximum Gasteiger partial charge on any atom is 0.306 e. The van der Waals surface area contributed by atoms with Gasteiger partial charge in [-0.25, -0.2) is 9.07 Å². The Morgan fingerprint density at radius 2 is 2.22 bits per heavy atom. The SMILES string of the molecule is O=C(O)CCOc1cnn(-c2ccccc2F)c1. The molecule has 0 saturated heterocycles. The zero-order chi connectivity index (χ0) is 13.0. The van der Waals surface area contributed by atoms with Gasteiger partial charge in [-0.3, -0.25) is 4.79 Å². The highest BCUT2D eigenvalue weighted by molar-refractivity contribution is 5.66. The van der Waals surface area contributed by atoms with Crippen molar-refractivity contribution >= 4 is 5.97 Å². The van der Waals surface area contributed by atoms with Crippen molar-refractivity contribution in [1.29, 1.82) is 0 Å². The fourth-order valence-corrected chi connectivity index (χ4v) is 1.41. The lowest BCUT2D eigenvalue weighted by Crippen LogP contribution is -2.04. The lowest BCUT2D eigenvalue weighted by molar-refractivity contribution is -0.137. The molecule has 0 atom stereocenters. The van der Waals surface area contributed by atoms with Crippen molar-refractivity contribution in [1.82, 2.24) is 9.78 Å². The van der Waals surface area contributed by atoms with Crippen LogP contribution in [0.5, 0.6) is 5.75 Å². The molecule has 0 bridgehead atoms. The minimum absolute atomic E-state index is 0.0539. The number of aliphatic carboxylic acids is 1. The molecule has 0 aliphatic carbocycles. The van der Waals surface area contributed by atoms with Crippen LogP contribution in [0.25, 0.3) is 5.69 Å². The molecule has 2 aromatic rings. The Kier molecular flexibility index (Phi) is 3.57. The van der Waals surface area contributed by atoms with Crippen LogP contribution in [0.4, 0.5) is 4.39 Å². The molecule has 0 radical (unpaired) electrons. The van der Waals surface area contributed by atoms with Gasteiger partial charge in [-0.1, -0.05) is 12.1 Å². The van der Waals surface area contributed by atoms with Gasteiger partial charge in [-0.2, -0.15) is 5.10 Å². The predicted octanol–water partition coefficient (Wildman–Crippen LogP) is 1.86. The standard InChI is InChI=1S/C12H11FN2O3/c13-10-3-1-2-4-11(10)15-8-9(7-14-15)18-6-5-12(16)17/h1-4,7-8H,5-6H2,(H,16,17). The van der Waals surface area contributed by atoms with E-state index in [9.17, 15) is 9.18 Å². The van der Waals surface area contributed by atoms with Crippen molar-refractivity contribution in [3.8, 4) is 11.4 Å². The molecule has 0 saturated carbocycles. The van der Waals surface area contributed by atoms with Gasteiger partial charge in [-0.05, 0) is 12.1 Å². The van der Waals surface area contributed by atoms with Crippen molar-refractivity contribution in [3.63, 3.8) is 0 Å². The summed E-state index contributed by atoms with van der Waals surface area (Å²) in [6, 6.07) is 6.21. The van der Waals surface area contributed by atoms with Crippen molar-refractivity contribution in [3.05, 3.63) is 42.5 Å². The quantitative estimate of drug-likeness (QED) is 0.879. The molecule has 94 valence electrons. The van der Waals surface area contributed by atoms with Gasteiger partial charge in [-0.15, -0.1) is 0 Å². The van der Waals surface area contributed by atoms with Gasteiger partial charge in [0.1, 0.15) is 11.5 Å². The van der Waals surface area contributed by atoms with Crippen LogP contribution >= 0.6 is 0 Å². The van der Waals surface area contributed by atoms with E-state index in [0.717, 1.165) is 0 Å². The van der Waals surface area contributed by atoms with E-state index >= 15 is 0 Å². The van der Waals surface area contributed by atoms with E-state index in [1.165, 1.54) is 23.1 Å². The highest BCUT2D eigenvalue weighted by Gasteiger charge is 2.06. The molecule has 0 fully saturated rings. The largest absolute Gasteiger partial charge is 0.490 e. The van der Waals surface area contributed by atoms with Crippen LogP contribution in [0.15, 0.2) is 36.7 Å². The summed E-state index contributed by atoms with van der Waals surface area (Å²) in [5, 5.41) is 12.4. The Morgan fingerprint density at radius 1 is 1.44 bits per heavy atom. The molecular weight excluding hydrogens is 239 g/mol. The lowest BCUT2D eigenvalue weighted by Gasteiger charge is -2.02. The van der Waals surface area contributed by atoms with E-state index in [2.05, 4.69) is 5.10 Å². The van der Waals surface area contributed by atoms with Crippen LogP contribution in [0.2, 0.25) is 0 Å². The first kappa shape index (κ1) is 12.1. The summed E-state index contributed by atoms with van der Waals surface area (Å²) in [7, 11) is 0. The minimum atomic E-state index is -0.934. The zero-order valence-corrected chi connectivity index (χ0v) is 9.41. The number of benzene rings is 1. The van der Waals surface area contributed by atoms with Gasteiger partial charge in [0.05, 0.1) is 25.4 Å². The highest BCUT2D eigenvalue weighted by atomic mass is 19.1. The van der Waals surface area contributed by atoms with E-state index in [1.54, 1.807) is 18.2 Å². The van der Waals surface area contributed by atoms with Crippen LogP contribution in [0, 0.1) is 5.82 Å². The molecule has 0 amide bonds. The average Bonchev–Trinajstić information content (AvgIpc) is 2.78. The minimum Gasteiger partial charge on any atom is -0.490 e. The molecule has 5 nitrogen and oxygen atoms in total. The number of hydrogen-bond acceptors (Lipinski definition) is 3. The topological polar surface area (TPSA) is 64.3 Å². The Bertz CT molecular complexity index is 554. The fourth-order valence-electron chi connectivity index (χ4n) is 1.41. The van der Waals surface area contributed by atoms with Crippen LogP contribution in [0.3, 0.4) is 0 Å². The number of rotatable bonds is 5. The van der Waals surface area contributed by atoms with Crippen molar-refractivity contribution in [2.24, 2.45) is 0 Å². The van der Waals surface area contributed by atoms with Crippen molar-refractivity contribution in [2.45, 2.75) is 6.42 Å². The number of nitrogens with zero attached hydrogens (tertiary/aromatic N) is 2. The summed E-state index contributed by atoms with van der Waals surface area (Å²) < 4.78 is 20.0. The number of hydrogen-bond donors (Lipinski definition) is 1. The van der Waals surface area contributed by atoms with E-state index < -0.39 is 11.8 Å². The zero-order valence-electron chi connectivity index (χ0n) is 9.41. The van der Waals surface area contributed by atoms with Gasteiger partial charge >= 0.3 is 5.97 Å². The first-order valence-electron chi connectivity index (χ1n) is 5.31. The predicted molar refractivity (Wildman–Crippen MR) is 61.3 cm³/mol. The van der Waals surface area contributed by atoms with E-state index in [1.807, 2.05) is 0 Å². The molecule has 18 heavy (non-hydrogen) atoms. The molecule has 1 aromatic carbocycles. The Balaban J connectivity index is 2.06. The van der Waals surface area contributed by atoms with Crippen LogP contribution in [-0.4, -0.2) is 27.5 Å². The Morgan fingerprint density at radius 3 is 2.94 bits per heavy atom. The molecule has 0 aliphatic rings. The third-order valence-corrected chi connectivity index (χ3v) is 2.24. The average molecular weight is 250 g/mol. The normalized spacial score (nSPS) is 10.3. The van der Waals surface area contributed by atoms with Crippen LogP contribution in [-0.2, 0) is 4.79 Å². The van der Waals surface area contributed by atoms with E-state index in [0.29, 0.717) is 11.4 Å². The molecular formula is C12H11FN2O3. The molecule has 6 heteroatoms. The number of ether oxygens (including phenoxy) is 1. The summed E-state index contributed by atoms with van der Waals surface area (Å²) in [4.78, 5) is 10.3. The second kappa shape index (κ2) is 5.31. The Hall–Kier alpha value is -2.37. The number of carboxylic acid groups (broad SMARTS) is 1. The molecule has 2 rings (SSSR count). The van der Waals surface area contributed by atoms with Gasteiger partial charge in [0, 0.05) is 0 Å². The maximum absolute atomic E-state index is 13.5. The van der Waals surface area contributed by atoms with Crippen LogP contribution < -0.4 is 4.74 Å². The number of carboxylic acids is 1. The summed E-state index contributed by atoms with van der Waals surface area (Å²) in [5.41, 5.74) is 0.311. The molecule has 1 aromatic heterocycles. The third-order valence-electron chi connectivity index (χ3n) is 2.24. The number of carbonyl (C=O) groups is 1. The summed E-state index contributed by atoms with van der Waals surface area (Å²) in [5.74, 6) is -0.923. The van der Waals surface area contributed by atoms with Gasteiger partial charge in [0.2, 0.25) is 0 Å². The highest BCUT2D eigenvalue weighted by Crippen LogP contribution is 2.16. The second-order valence-corrected chi connectivity index (χ2v) is 3.56. The summed E-state index contributed by atoms with van der Waals surface area (Å²) in [6.45, 7) is 0.0539. The Labute approximate surface area is 102 Å². The smallest absolute Gasteiger partial charge is 0.306 e.